The van der Waals surface area contributed by atoms with Crippen LogP contribution in [0.25, 0.3) is 0 Å². The summed E-state index contributed by atoms with van der Waals surface area (Å²) in [7, 11) is -3.23. The SMILES string of the molecule is CS(=O)(=O)c1ccc(CC(=O)N2C[C@@H](c3ccccc3)O[C@@H](C3CC3)C2)cc1. The summed E-state index contributed by atoms with van der Waals surface area (Å²) in [4.78, 5) is 15.1. The molecule has 0 aromatic heterocycles. The third kappa shape index (κ3) is 4.45. The third-order valence-corrected chi connectivity index (χ3v) is 6.63. The molecule has 0 unspecified atom stereocenters. The molecule has 28 heavy (non-hydrogen) atoms. The molecule has 0 N–H and O–H groups in total. The largest absolute Gasteiger partial charge is 0.366 e. The van der Waals surface area contributed by atoms with E-state index in [4.69, 9.17) is 4.74 Å². The van der Waals surface area contributed by atoms with Crippen molar-refractivity contribution >= 4 is 15.7 Å². The molecule has 1 aliphatic carbocycles. The number of rotatable bonds is 5. The van der Waals surface area contributed by atoms with Crippen LogP contribution in [0.3, 0.4) is 0 Å². The number of hydrogen-bond donors (Lipinski definition) is 0. The summed E-state index contributed by atoms with van der Waals surface area (Å²) < 4.78 is 29.5. The molecular weight excluding hydrogens is 374 g/mol. The fraction of sp³-hybridized carbons (Fsp3) is 0.409. The highest BCUT2D eigenvalue weighted by Gasteiger charge is 2.40. The number of ether oxygens (including phenoxy) is 1. The van der Waals surface area contributed by atoms with Crippen LogP contribution in [0.1, 0.15) is 30.1 Å². The monoisotopic (exact) mass is 399 g/mol. The van der Waals surface area contributed by atoms with Crippen LogP contribution in [0.15, 0.2) is 59.5 Å². The molecule has 1 saturated heterocycles. The highest BCUT2D eigenvalue weighted by molar-refractivity contribution is 7.90. The Hall–Kier alpha value is -2.18. The zero-order valence-corrected chi connectivity index (χ0v) is 16.8. The highest BCUT2D eigenvalue weighted by Crippen LogP contribution is 2.39. The molecule has 1 saturated carbocycles. The van der Waals surface area contributed by atoms with Crippen LogP contribution in [0.4, 0.5) is 0 Å². The molecule has 0 bridgehead atoms. The number of carbonyl (C=O) groups is 1. The van der Waals surface area contributed by atoms with Gasteiger partial charge < -0.3 is 9.64 Å². The molecule has 6 heteroatoms. The van der Waals surface area contributed by atoms with Crippen LogP contribution in [0.5, 0.6) is 0 Å². The van der Waals surface area contributed by atoms with Crippen molar-refractivity contribution < 1.29 is 17.9 Å². The van der Waals surface area contributed by atoms with Gasteiger partial charge in [0, 0.05) is 12.8 Å². The van der Waals surface area contributed by atoms with E-state index in [9.17, 15) is 13.2 Å². The van der Waals surface area contributed by atoms with E-state index < -0.39 is 9.84 Å². The summed E-state index contributed by atoms with van der Waals surface area (Å²) in [6.07, 6.45) is 3.78. The molecule has 148 valence electrons. The van der Waals surface area contributed by atoms with Gasteiger partial charge in [-0.3, -0.25) is 4.79 Å². The van der Waals surface area contributed by atoms with Crippen LogP contribution in [-0.4, -0.2) is 44.7 Å². The molecule has 2 atom stereocenters. The number of carbonyl (C=O) groups excluding carboxylic acids is 1. The summed E-state index contributed by atoms with van der Waals surface area (Å²) >= 11 is 0. The average Bonchev–Trinajstić information content (AvgIpc) is 3.53. The van der Waals surface area contributed by atoms with Crippen LogP contribution in [-0.2, 0) is 25.8 Å². The zero-order chi connectivity index (χ0) is 19.7. The highest BCUT2D eigenvalue weighted by atomic mass is 32.2. The van der Waals surface area contributed by atoms with Crippen molar-refractivity contribution in [3.8, 4) is 0 Å². The van der Waals surface area contributed by atoms with Crippen LogP contribution in [0, 0.1) is 5.92 Å². The maximum Gasteiger partial charge on any atom is 0.227 e. The minimum atomic E-state index is -3.23. The van der Waals surface area contributed by atoms with Gasteiger partial charge in [-0.15, -0.1) is 0 Å². The standard InChI is InChI=1S/C22H25NO4S/c1-28(25,26)19-11-7-16(8-12-19)13-22(24)23-14-20(17-5-3-2-4-6-17)27-21(15-23)18-9-10-18/h2-8,11-12,18,20-21H,9-10,13-15H2,1H3/t20-,21+/m0/s1. The molecule has 1 aliphatic heterocycles. The number of hydrogen-bond acceptors (Lipinski definition) is 4. The first-order chi connectivity index (χ1) is 13.4. The summed E-state index contributed by atoms with van der Waals surface area (Å²) in [5, 5.41) is 0. The molecule has 0 spiro atoms. The van der Waals surface area contributed by atoms with E-state index in [1.54, 1.807) is 24.3 Å². The molecule has 5 nitrogen and oxygen atoms in total. The van der Waals surface area contributed by atoms with Crippen LogP contribution >= 0.6 is 0 Å². The molecule has 2 aromatic rings. The smallest absolute Gasteiger partial charge is 0.227 e. The quantitative estimate of drug-likeness (QED) is 0.775. The van der Waals surface area contributed by atoms with E-state index >= 15 is 0 Å². The van der Waals surface area contributed by atoms with Gasteiger partial charge in [-0.1, -0.05) is 42.5 Å². The van der Waals surface area contributed by atoms with Gasteiger partial charge in [0.05, 0.1) is 24.0 Å². The van der Waals surface area contributed by atoms with Gasteiger partial charge in [0.15, 0.2) is 9.84 Å². The predicted molar refractivity (Wildman–Crippen MR) is 107 cm³/mol. The molecule has 1 amide bonds. The molecular formula is C22H25NO4S. The third-order valence-electron chi connectivity index (χ3n) is 5.50. The van der Waals surface area contributed by atoms with E-state index in [0.29, 0.717) is 19.0 Å². The maximum atomic E-state index is 13.0. The van der Waals surface area contributed by atoms with E-state index in [-0.39, 0.29) is 29.4 Å². The maximum absolute atomic E-state index is 13.0. The number of nitrogens with zero attached hydrogens (tertiary/aromatic N) is 1. The Morgan fingerprint density at radius 2 is 1.71 bits per heavy atom. The van der Waals surface area contributed by atoms with Crippen LogP contribution < -0.4 is 0 Å². The van der Waals surface area contributed by atoms with Crippen molar-refractivity contribution in [2.45, 2.75) is 36.4 Å². The Bertz CT molecular complexity index is 936. The molecule has 0 radical (unpaired) electrons. The molecule has 2 aromatic carbocycles. The van der Waals surface area contributed by atoms with Crippen molar-refractivity contribution in [2.75, 3.05) is 19.3 Å². The zero-order valence-electron chi connectivity index (χ0n) is 16.0. The first kappa shape index (κ1) is 19.2. The fourth-order valence-electron chi connectivity index (χ4n) is 3.71. The topological polar surface area (TPSA) is 63.7 Å². The second kappa shape index (κ2) is 7.68. The lowest BCUT2D eigenvalue weighted by Gasteiger charge is -2.38. The number of benzene rings is 2. The van der Waals surface area contributed by atoms with Gasteiger partial charge in [-0.25, -0.2) is 8.42 Å². The van der Waals surface area contributed by atoms with Crippen molar-refractivity contribution in [2.24, 2.45) is 5.92 Å². The van der Waals surface area contributed by atoms with Gasteiger partial charge in [0.25, 0.3) is 0 Å². The second-order valence-corrected chi connectivity index (χ2v) is 9.82. The molecule has 2 aliphatic rings. The lowest BCUT2D eigenvalue weighted by molar-refractivity contribution is -0.147. The van der Waals surface area contributed by atoms with E-state index in [1.807, 2.05) is 35.2 Å². The van der Waals surface area contributed by atoms with E-state index in [2.05, 4.69) is 0 Å². The molecule has 2 fully saturated rings. The van der Waals surface area contributed by atoms with Crippen LogP contribution in [0.2, 0.25) is 0 Å². The Morgan fingerprint density at radius 1 is 1.04 bits per heavy atom. The van der Waals surface area contributed by atoms with Gasteiger partial charge in [0.1, 0.15) is 6.10 Å². The van der Waals surface area contributed by atoms with E-state index in [0.717, 1.165) is 11.1 Å². The van der Waals surface area contributed by atoms with Crippen molar-refractivity contribution in [1.29, 1.82) is 0 Å². The Balaban J connectivity index is 1.47. The number of amides is 1. The van der Waals surface area contributed by atoms with Gasteiger partial charge in [-0.2, -0.15) is 0 Å². The number of sulfone groups is 1. The first-order valence-corrected chi connectivity index (χ1v) is 11.6. The first-order valence-electron chi connectivity index (χ1n) is 9.67. The minimum absolute atomic E-state index is 0.0574. The Labute approximate surface area is 166 Å². The Morgan fingerprint density at radius 3 is 2.32 bits per heavy atom. The second-order valence-electron chi connectivity index (χ2n) is 7.80. The predicted octanol–water partition coefficient (Wildman–Crippen LogP) is 3.01. The Kier molecular flexibility index (Phi) is 5.25. The van der Waals surface area contributed by atoms with Gasteiger partial charge in [-0.05, 0) is 42.0 Å². The average molecular weight is 400 g/mol. The normalized spacial score (nSPS) is 22.8. The lowest BCUT2D eigenvalue weighted by atomic mass is 10.0. The summed E-state index contributed by atoms with van der Waals surface area (Å²) in [6.45, 7) is 1.18. The van der Waals surface area contributed by atoms with Gasteiger partial charge in [0.2, 0.25) is 5.91 Å². The lowest BCUT2D eigenvalue weighted by Crippen LogP contribution is -2.48. The van der Waals surface area contributed by atoms with Crippen molar-refractivity contribution in [3.05, 3.63) is 65.7 Å². The number of morpholine rings is 1. The summed E-state index contributed by atoms with van der Waals surface area (Å²) in [5.74, 6) is 0.609. The van der Waals surface area contributed by atoms with E-state index in [1.165, 1.54) is 19.1 Å². The summed E-state index contributed by atoms with van der Waals surface area (Å²) in [6, 6.07) is 16.6. The molecule has 4 rings (SSSR count). The fourth-order valence-corrected chi connectivity index (χ4v) is 4.34. The van der Waals surface area contributed by atoms with Crippen molar-refractivity contribution in [1.82, 2.24) is 4.90 Å². The minimum Gasteiger partial charge on any atom is -0.366 e. The summed E-state index contributed by atoms with van der Waals surface area (Å²) in [5.41, 5.74) is 1.92. The van der Waals surface area contributed by atoms with Gasteiger partial charge >= 0.3 is 0 Å². The van der Waals surface area contributed by atoms with Crippen molar-refractivity contribution in [3.63, 3.8) is 0 Å². The molecule has 1 heterocycles.